The first-order chi connectivity index (χ1) is 20.6. The molecule has 208 valence electrons. The van der Waals surface area contributed by atoms with Crippen LogP contribution in [0.25, 0.3) is 55.0 Å². The lowest BCUT2D eigenvalue weighted by molar-refractivity contribution is -0.137. The molecule has 7 rings (SSSR count). The zero-order valence-corrected chi connectivity index (χ0v) is 21.6. The van der Waals surface area contributed by atoms with E-state index in [9.17, 15) is 28.1 Å². The Morgan fingerprint density at radius 1 is 0.581 bits per heavy atom. The van der Waals surface area contributed by atoms with E-state index >= 15 is 8.78 Å². The molecular weight excluding hydrogens is 566 g/mol. The molecule has 0 aliphatic carbocycles. The van der Waals surface area contributed by atoms with Gasteiger partial charge in [0.15, 0.2) is 11.6 Å². The molecule has 2 aromatic heterocycles. The normalized spacial score (nSPS) is 11.9. The average Bonchev–Trinajstić information content (AvgIpc) is 3.48. The molecule has 0 bridgehead atoms. The third-order valence-electron chi connectivity index (χ3n) is 7.56. The molecule has 0 aliphatic heterocycles. The quantitative estimate of drug-likeness (QED) is 0.192. The van der Waals surface area contributed by atoms with Gasteiger partial charge in [-0.2, -0.15) is 23.7 Å². The van der Waals surface area contributed by atoms with Gasteiger partial charge in [0.25, 0.3) is 0 Å². The Morgan fingerprint density at radius 3 is 1.58 bits per heavy atom. The lowest BCUT2D eigenvalue weighted by Crippen LogP contribution is -2.13. The smallest absolute Gasteiger partial charge is 0.305 e. The highest BCUT2D eigenvalue weighted by Crippen LogP contribution is 2.45. The van der Waals surface area contributed by atoms with Crippen molar-refractivity contribution in [2.45, 2.75) is 6.18 Å². The number of rotatable bonds is 2. The molecule has 0 amide bonds. The Balaban J connectivity index is 1.82. The molecular formula is C33H14F6N4. The Labute approximate surface area is 238 Å². The van der Waals surface area contributed by atoms with Gasteiger partial charge in [-0.3, -0.25) is 0 Å². The predicted molar refractivity (Wildman–Crippen MR) is 149 cm³/mol. The fourth-order valence-electron chi connectivity index (χ4n) is 5.95. The molecule has 2 heterocycles. The van der Waals surface area contributed by atoms with E-state index in [1.165, 1.54) is 9.13 Å². The van der Waals surface area contributed by atoms with Crippen LogP contribution in [0.1, 0.15) is 16.7 Å². The van der Waals surface area contributed by atoms with Crippen molar-refractivity contribution >= 4 is 43.6 Å². The van der Waals surface area contributed by atoms with Crippen molar-refractivity contribution in [3.8, 4) is 23.5 Å². The van der Waals surface area contributed by atoms with Gasteiger partial charge in [0.1, 0.15) is 17.6 Å². The highest BCUT2D eigenvalue weighted by atomic mass is 19.4. The number of fused-ring (bicyclic) bond motifs is 7. The predicted octanol–water partition coefficient (Wildman–Crippen LogP) is 9.06. The molecule has 0 spiro atoms. The SMILES string of the molecule is N#Cc1cc(C#N)c(-n2c3ccccc3c3ccc4c5ccccc5n(-c5c(F)cc(F)cc5F)c4c32)c(C(F)(F)F)c1. The Morgan fingerprint density at radius 2 is 1.09 bits per heavy atom. The van der Waals surface area contributed by atoms with Crippen molar-refractivity contribution in [3.05, 3.63) is 119 Å². The molecule has 43 heavy (non-hydrogen) atoms. The summed E-state index contributed by atoms with van der Waals surface area (Å²) in [5.74, 6) is -3.57. The van der Waals surface area contributed by atoms with Crippen LogP contribution in [0.5, 0.6) is 0 Å². The first kappa shape index (κ1) is 26.2. The summed E-state index contributed by atoms with van der Waals surface area (Å²) in [6.07, 6.45) is -4.98. The molecule has 0 saturated carbocycles. The largest absolute Gasteiger partial charge is 0.418 e. The monoisotopic (exact) mass is 580 g/mol. The van der Waals surface area contributed by atoms with Crippen LogP contribution in [0.4, 0.5) is 26.3 Å². The van der Waals surface area contributed by atoms with E-state index in [-0.39, 0.29) is 22.1 Å². The van der Waals surface area contributed by atoms with Crippen molar-refractivity contribution in [1.29, 1.82) is 10.5 Å². The van der Waals surface area contributed by atoms with E-state index in [1.54, 1.807) is 72.8 Å². The van der Waals surface area contributed by atoms with Crippen molar-refractivity contribution in [1.82, 2.24) is 9.13 Å². The van der Waals surface area contributed by atoms with Crippen LogP contribution in [0, 0.1) is 40.1 Å². The van der Waals surface area contributed by atoms with Crippen LogP contribution in [-0.4, -0.2) is 9.13 Å². The summed E-state index contributed by atoms with van der Waals surface area (Å²) in [5, 5.41) is 21.4. The molecule has 7 aromatic rings. The number of aromatic nitrogens is 2. The number of benzene rings is 5. The van der Waals surface area contributed by atoms with E-state index in [0.29, 0.717) is 45.3 Å². The second-order valence-corrected chi connectivity index (χ2v) is 9.92. The molecule has 10 heteroatoms. The lowest BCUT2D eigenvalue weighted by atomic mass is 10.0. The van der Waals surface area contributed by atoms with Gasteiger partial charge in [-0.1, -0.05) is 48.5 Å². The number of hydrogen-bond acceptors (Lipinski definition) is 2. The van der Waals surface area contributed by atoms with Gasteiger partial charge in [0.05, 0.1) is 50.5 Å². The number of nitriles is 2. The van der Waals surface area contributed by atoms with Crippen LogP contribution in [0.3, 0.4) is 0 Å². The highest BCUT2D eigenvalue weighted by Gasteiger charge is 2.37. The fourth-order valence-corrected chi connectivity index (χ4v) is 5.95. The Kier molecular flexibility index (Phi) is 5.56. The van der Waals surface area contributed by atoms with Gasteiger partial charge in [0.2, 0.25) is 0 Å². The number of halogens is 6. The lowest BCUT2D eigenvalue weighted by Gasteiger charge is -2.19. The molecule has 0 unspecified atom stereocenters. The van der Waals surface area contributed by atoms with Gasteiger partial charge >= 0.3 is 6.18 Å². The van der Waals surface area contributed by atoms with Crippen LogP contribution < -0.4 is 0 Å². The summed E-state index contributed by atoms with van der Waals surface area (Å²) in [6, 6.07) is 22.9. The molecule has 0 N–H and O–H groups in total. The summed E-state index contributed by atoms with van der Waals surface area (Å²) in [5.41, 5.74) is -2.29. The first-order valence-corrected chi connectivity index (χ1v) is 12.8. The molecule has 0 saturated heterocycles. The summed E-state index contributed by atoms with van der Waals surface area (Å²) in [7, 11) is 0. The van der Waals surface area contributed by atoms with Gasteiger partial charge in [-0.25, -0.2) is 13.2 Å². The summed E-state index contributed by atoms with van der Waals surface area (Å²) in [4.78, 5) is 0. The number of alkyl halides is 3. The summed E-state index contributed by atoms with van der Waals surface area (Å²) in [6.45, 7) is 0. The zero-order chi connectivity index (χ0) is 30.2. The van der Waals surface area contributed by atoms with E-state index in [2.05, 4.69) is 0 Å². The maximum atomic E-state index is 15.5. The molecule has 0 aliphatic rings. The number of nitrogens with zero attached hydrogens (tertiary/aromatic N) is 4. The second-order valence-electron chi connectivity index (χ2n) is 9.92. The second kappa shape index (κ2) is 9.13. The molecule has 0 radical (unpaired) electrons. The third-order valence-corrected chi connectivity index (χ3v) is 7.56. The topological polar surface area (TPSA) is 57.4 Å². The van der Waals surface area contributed by atoms with Crippen molar-refractivity contribution in [2.75, 3.05) is 0 Å². The third kappa shape index (κ3) is 3.70. The molecule has 0 fully saturated rings. The van der Waals surface area contributed by atoms with Crippen LogP contribution in [-0.2, 0) is 6.18 Å². The van der Waals surface area contributed by atoms with Gasteiger partial charge < -0.3 is 9.13 Å². The van der Waals surface area contributed by atoms with E-state index in [0.717, 1.165) is 6.07 Å². The van der Waals surface area contributed by atoms with Crippen molar-refractivity contribution < 1.29 is 26.3 Å². The van der Waals surface area contributed by atoms with Crippen molar-refractivity contribution in [2.24, 2.45) is 0 Å². The summed E-state index contributed by atoms with van der Waals surface area (Å²) < 4.78 is 91.4. The highest BCUT2D eigenvalue weighted by molar-refractivity contribution is 6.24. The van der Waals surface area contributed by atoms with Crippen LogP contribution in [0.2, 0.25) is 0 Å². The average molecular weight is 580 g/mol. The molecule has 5 aromatic carbocycles. The van der Waals surface area contributed by atoms with Crippen molar-refractivity contribution in [3.63, 3.8) is 0 Å². The summed E-state index contributed by atoms with van der Waals surface area (Å²) >= 11 is 0. The van der Waals surface area contributed by atoms with Gasteiger partial charge in [-0.15, -0.1) is 0 Å². The number of para-hydroxylation sites is 2. The minimum atomic E-state index is -4.98. The maximum absolute atomic E-state index is 15.5. The fraction of sp³-hybridized carbons (Fsp3) is 0.0303. The first-order valence-electron chi connectivity index (χ1n) is 12.8. The minimum Gasteiger partial charge on any atom is -0.305 e. The van der Waals surface area contributed by atoms with E-state index in [1.807, 2.05) is 0 Å². The van der Waals surface area contributed by atoms with Crippen LogP contribution in [0.15, 0.2) is 84.9 Å². The Hall–Kier alpha value is -5.74. The van der Waals surface area contributed by atoms with E-state index in [4.69, 9.17) is 0 Å². The van der Waals surface area contributed by atoms with Gasteiger partial charge in [0, 0.05) is 33.7 Å². The minimum absolute atomic E-state index is 0.129. The standard InChI is InChI=1S/C33H14F6N4/c34-19-13-25(35)32(26(36)14-19)43-28-8-4-2-6-21(28)23-10-9-22-20-5-1-3-7-27(20)42(30(22)31(23)43)29-18(16-41)11-17(15-40)12-24(29)33(37,38)39/h1-14H. The molecule has 4 nitrogen and oxygen atoms in total. The number of hydrogen-bond donors (Lipinski definition) is 0. The maximum Gasteiger partial charge on any atom is 0.418 e. The van der Waals surface area contributed by atoms with Gasteiger partial charge in [-0.05, 0) is 24.3 Å². The molecule has 0 atom stereocenters. The van der Waals surface area contributed by atoms with Crippen LogP contribution >= 0.6 is 0 Å². The van der Waals surface area contributed by atoms with E-state index < -0.39 is 46.1 Å². The Bertz CT molecular complexity index is 2380. The zero-order valence-electron chi connectivity index (χ0n) is 21.6.